The smallest absolute Gasteiger partial charge is 0.146 e. The molecule has 0 radical (unpaired) electrons. The molecule has 2 aromatic rings. The van der Waals surface area contributed by atoms with Crippen LogP contribution in [0.2, 0.25) is 0 Å². The molecule has 1 fully saturated rings. The van der Waals surface area contributed by atoms with Crippen LogP contribution in [0.15, 0.2) is 18.2 Å². The molecular formula is C19H29N5O. The number of rotatable bonds is 7. The van der Waals surface area contributed by atoms with Gasteiger partial charge in [-0.25, -0.2) is 0 Å². The quantitative estimate of drug-likeness (QED) is 0.834. The van der Waals surface area contributed by atoms with Crippen LogP contribution in [-0.4, -0.2) is 45.9 Å². The summed E-state index contributed by atoms with van der Waals surface area (Å²) in [4.78, 5) is 2.21. The van der Waals surface area contributed by atoms with Gasteiger partial charge in [0.05, 0.1) is 6.54 Å². The third-order valence-electron chi connectivity index (χ3n) is 4.89. The Hall–Kier alpha value is -1.92. The van der Waals surface area contributed by atoms with Crippen LogP contribution in [0.4, 0.5) is 0 Å². The SMILES string of the molecule is Cc1cc(C)cc(OCCN(C)Cc2nnc(C3CC(N)C3)n2C)c1. The molecular weight excluding hydrogens is 314 g/mol. The van der Waals surface area contributed by atoms with Crippen LogP contribution >= 0.6 is 0 Å². The molecule has 0 aliphatic heterocycles. The van der Waals surface area contributed by atoms with Crippen LogP contribution in [0, 0.1) is 13.8 Å². The average Bonchev–Trinajstić information content (AvgIpc) is 2.84. The fourth-order valence-corrected chi connectivity index (χ4v) is 3.40. The van der Waals surface area contributed by atoms with Crippen molar-refractivity contribution in [3.05, 3.63) is 41.0 Å². The van der Waals surface area contributed by atoms with Gasteiger partial charge in [-0.3, -0.25) is 4.90 Å². The first-order valence-electron chi connectivity index (χ1n) is 8.95. The van der Waals surface area contributed by atoms with Crippen molar-refractivity contribution in [1.29, 1.82) is 0 Å². The van der Waals surface area contributed by atoms with E-state index in [2.05, 4.69) is 58.8 Å². The largest absolute Gasteiger partial charge is 0.492 e. The number of aryl methyl sites for hydroxylation is 2. The lowest BCUT2D eigenvalue weighted by Crippen LogP contribution is -2.36. The molecule has 0 unspecified atom stereocenters. The molecule has 1 aromatic heterocycles. The van der Waals surface area contributed by atoms with Gasteiger partial charge in [0.1, 0.15) is 24.0 Å². The number of likely N-dealkylation sites (N-methyl/N-ethyl adjacent to an activating group) is 1. The zero-order valence-electron chi connectivity index (χ0n) is 15.7. The summed E-state index contributed by atoms with van der Waals surface area (Å²) >= 11 is 0. The standard InChI is InChI=1S/C19H29N5O/c1-13-7-14(2)9-17(8-13)25-6-5-23(3)12-18-21-22-19(24(18)4)15-10-16(20)11-15/h7-9,15-16H,5-6,10-12,20H2,1-4H3. The second kappa shape index (κ2) is 7.54. The van der Waals surface area contributed by atoms with E-state index in [1.54, 1.807) is 0 Å². The van der Waals surface area contributed by atoms with Crippen molar-refractivity contribution in [3.63, 3.8) is 0 Å². The zero-order valence-corrected chi connectivity index (χ0v) is 15.7. The summed E-state index contributed by atoms with van der Waals surface area (Å²) in [5.41, 5.74) is 8.34. The van der Waals surface area contributed by atoms with E-state index in [4.69, 9.17) is 10.5 Å². The van der Waals surface area contributed by atoms with Gasteiger partial charge >= 0.3 is 0 Å². The average molecular weight is 343 g/mol. The van der Waals surface area contributed by atoms with Gasteiger partial charge in [-0.05, 0) is 57.0 Å². The van der Waals surface area contributed by atoms with E-state index in [1.807, 2.05) is 7.05 Å². The molecule has 1 heterocycles. The summed E-state index contributed by atoms with van der Waals surface area (Å²) < 4.78 is 8.01. The Morgan fingerprint density at radius 2 is 1.88 bits per heavy atom. The lowest BCUT2D eigenvalue weighted by atomic mass is 9.80. The monoisotopic (exact) mass is 343 g/mol. The Labute approximate surface area is 150 Å². The molecule has 1 aliphatic rings. The predicted octanol–water partition coefficient (Wildman–Crippen LogP) is 2.15. The second-order valence-electron chi connectivity index (χ2n) is 7.37. The normalized spacial score (nSPS) is 19.9. The van der Waals surface area contributed by atoms with E-state index in [0.29, 0.717) is 18.6 Å². The highest BCUT2D eigenvalue weighted by atomic mass is 16.5. The third kappa shape index (κ3) is 4.38. The van der Waals surface area contributed by atoms with Gasteiger partial charge in [0.2, 0.25) is 0 Å². The number of hydrogen-bond acceptors (Lipinski definition) is 5. The number of ether oxygens (including phenoxy) is 1. The summed E-state index contributed by atoms with van der Waals surface area (Å²) in [5.74, 6) is 3.47. The highest BCUT2D eigenvalue weighted by Crippen LogP contribution is 2.34. The Bertz CT molecular complexity index is 700. The lowest BCUT2D eigenvalue weighted by molar-refractivity contribution is 0.228. The van der Waals surface area contributed by atoms with Crippen molar-refractivity contribution < 1.29 is 4.74 Å². The molecule has 0 amide bonds. The molecule has 136 valence electrons. The van der Waals surface area contributed by atoms with E-state index in [1.165, 1.54) is 11.1 Å². The van der Waals surface area contributed by atoms with Gasteiger partial charge in [0.15, 0.2) is 0 Å². The highest BCUT2D eigenvalue weighted by molar-refractivity contribution is 5.32. The molecule has 25 heavy (non-hydrogen) atoms. The highest BCUT2D eigenvalue weighted by Gasteiger charge is 2.31. The summed E-state index contributed by atoms with van der Waals surface area (Å²) in [6, 6.07) is 6.63. The molecule has 6 heteroatoms. The van der Waals surface area contributed by atoms with E-state index < -0.39 is 0 Å². The van der Waals surface area contributed by atoms with Gasteiger partial charge in [0, 0.05) is 25.6 Å². The number of nitrogens with two attached hydrogens (primary N) is 1. The summed E-state index contributed by atoms with van der Waals surface area (Å²) in [7, 11) is 4.13. The first-order chi connectivity index (χ1) is 11.9. The van der Waals surface area contributed by atoms with Gasteiger partial charge < -0.3 is 15.0 Å². The maximum absolute atomic E-state index is 5.89. The van der Waals surface area contributed by atoms with E-state index >= 15 is 0 Å². The van der Waals surface area contributed by atoms with Crippen molar-refractivity contribution in [2.24, 2.45) is 12.8 Å². The first-order valence-corrected chi connectivity index (χ1v) is 8.95. The minimum absolute atomic E-state index is 0.329. The lowest BCUT2D eigenvalue weighted by Gasteiger charge is -2.31. The topological polar surface area (TPSA) is 69.2 Å². The predicted molar refractivity (Wildman–Crippen MR) is 98.7 cm³/mol. The maximum Gasteiger partial charge on any atom is 0.146 e. The number of nitrogens with zero attached hydrogens (tertiary/aromatic N) is 4. The van der Waals surface area contributed by atoms with Crippen molar-refractivity contribution in [2.45, 2.75) is 45.2 Å². The van der Waals surface area contributed by atoms with Gasteiger partial charge in [-0.15, -0.1) is 10.2 Å². The summed E-state index contributed by atoms with van der Waals surface area (Å²) in [6.07, 6.45) is 2.04. The van der Waals surface area contributed by atoms with E-state index in [-0.39, 0.29) is 0 Å². The summed E-state index contributed by atoms with van der Waals surface area (Å²) in [5, 5.41) is 8.73. The minimum Gasteiger partial charge on any atom is -0.492 e. The zero-order chi connectivity index (χ0) is 18.0. The summed E-state index contributed by atoms with van der Waals surface area (Å²) in [6.45, 7) is 6.43. The molecule has 0 bridgehead atoms. The van der Waals surface area contributed by atoms with E-state index in [0.717, 1.165) is 43.3 Å². The number of benzene rings is 1. The van der Waals surface area contributed by atoms with Crippen molar-refractivity contribution in [1.82, 2.24) is 19.7 Å². The Balaban J connectivity index is 1.48. The first kappa shape index (κ1) is 17.9. The van der Waals surface area contributed by atoms with Gasteiger partial charge in [-0.2, -0.15) is 0 Å². The molecule has 2 N–H and O–H groups in total. The minimum atomic E-state index is 0.329. The van der Waals surface area contributed by atoms with Crippen molar-refractivity contribution in [2.75, 3.05) is 20.2 Å². The molecule has 1 aromatic carbocycles. The Kier molecular flexibility index (Phi) is 5.39. The van der Waals surface area contributed by atoms with Crippen molar-refractivity contribution >= 4 is 0 Å². The molecule has 3 rings (SSSR count). The molecule has 0 spiro atoms. The Morgan fingerprint density at radius 3 is 2.52 bits per heavy atom. The third-order valence-corrected chi connectivity index (χ3v) is 4.89. The molecule has 1 saturated carbocycles. The van der Waals surface area contributed by atoms with Crippen LogP contribution in [0.5, 0.6) is 5.75 Å². The fraction of sp³-hybridized carbons (Fsp3) is 0.579. The fourth-order valence-electron chi connectivity index (χ4n) is 3.40. The van der Waals surface area contributed by atoms with Crippen LogP contribution in [0.25, 0.3) is 0 Å². The van der Waals surface area contributed by atoms with Crippen LogP contribution < -0.4 is 10.5 Å². The number of aromatic nitrogens is 3. The Morgan fingerprint density at radius 1 is 1.20 bits per heavy atom. The molecule has 0 saturated heterocycles. The van der Waals surface area contributed by atoms with Crippen LogP contribution in [0.1, 0.15) is 41.5 Å². The molecule has 0 atom stereocenters. The molecule has 6 nitrogen and oxygen atoms in total. The van der Waals surface area contributed by atoms with E-state index in [9.17, 15) is 0 Å². The maximum atomic E-state index is 5.89. The second-order valence-corrected chi connectivity index (χ2v) is 7.37. The van der Waals surface area contributed by atoms with Crippen LogP contribution in [-0.2, 0) is 13.6 Å². The molecule has 1 aliphatic carbocycles. The number of hydrogen-bond donors (Lipinski definition) is 1. The van der Waals surface area contributed by atoms with Crippen LogP contribution in [0.3, 0.4) is 0 Å². The van der Waals surface area contributed by atoms with Gasteiger partial charge in [-0.1, -0.05) is 6.07 Å². The van der Waals surface area contributed by atoms with Crippen molar-refractivity contribution in [3.8, 4) is 5.75 Å². The van der Waals surface area contributed by atoms with Gasteiger partial charge in [0.25, 0.3) is 0 Å².